The molecule has 0 atom stereocenters. The molecule has 0 saturated heterocycles. The average Bonchev–Trinajstić information content (AvgIpc) is 2.52. The highest BCUT2D eigenvalue weighted by Crippen LogP contribution is 2.24. The summed E-state index contributed by atoms with van der Waals surface area (Å²) in [6.45, 7) is 8.95. The van der Waals surface area contributed by atoms with Crippen LogP contribution >= 0.6 is 0 Å². The molecule has 1 rings (SSSR count). The molecule has 0 aliphatic carbocycles. The van der Waals surface area contributed by atoms with E-state index in [0.717, 1.165) is 25.7 Å². The summed E-state index contributed by atoms with van der Waals surface area (Å²) in [4.78, 5) is 23.3. The van der Waals surface area contributed by atoms with Gasteiger partial charge in [-0.05, 0) is 29.5 Å². The Hall–Kier alpha value is -1.84. The number of hydrogen-bond acceptors (Lipinski definition) is 4. The Morgan fingerprint density at radius 1 is 0.917 bits per heavy atom. The largest absolute Gasteiger partial charge is 0.466 e. The van der Waals surface area contributed by atoms with Crippen molar-refractivity contribution in [1.29, 1.82) is 0 Å². The predicted molar refractivity (Wildman–Crippen MR) is 95.1 cm³/mol. The minimum absolute atomic E-state index is 0.0365. The third-order valence-corrected chi connectivity index (χ3v) is 3.75. The van der Waals surface area contributed by atoms with E-state index in [9.17, 15) is 9.59 Å². The van der Waals surface area contributed by atoms with Crippen LogP contribution in [0.25, 0.3) is 0 Å². The van der Waals surface area contributed by atoms with Crippen molar-refractivity contribution in [2.45, 2.75) is 71.6 Å². The van der Waals surface area contributed by atoms with Gasteiger partial charge >= 0.3 is 11.9 Å². The summed E-state index contributed by atoms with van der Waals surface area (Å²) in [5.74, 6) is -0.256. The van der Waals surface area contributed by atoms with E-state index in [2.05, 4.69) is 27.7 Å². The lowest BCUT2D eigenvalue weighted by Crippen LogP contribution is -2.13. The van der Waals surface area contributed by atoms with Crippen LogP contribution in [-0.2, 0) is 19.7 Å². The van der Waals surface area contributed by atoms with Crippen LogP contribution < -0.4 is 4.74 Å². The summed E-state index contributed by atoms with van der Waals surface area (Å²) in [5.41, 5.74) is 1.23. The lowest BCUT2D eigenvalue weighted by molar-refractivity contribution is -0.147. The van der Waals surface area contributed by atoms with Gasteiger partial charge in [0.1, 0.15) is 5.75 Å². The lowest BCUT2D eigenvalue weighted by Gasteiger charge is -2.18. The van der Waals surface area contributed by atoms with Crippen molar-refractivity contribution < 1.29 is 19.1 Å². The monoisotopic (exact) mass is 334 g/mol. The fourth-order valence-electron chi connectivity index (χ4n) is 2.20. The first kappa shape index (κ1) is 20.2. The lowest BCUT2D eigenvalue weighted by atomic mass is 9.87. The number of ether oxygens (including phenoxy) is 2. The van der Waals surface area contributed by atoms with Gasteiger partial charge in [-0.1, -0.05) is 59.1 Å². The van der Waals surface area contributed by atoms with Gasteiger partial charge in [-0.2, -0.15) is 0 Å². The van der Waals surface area contributed by atoms with Crippen LogP contribution in [0.3, 0.4) is 0 Å². The van der Waals surface area contributed by atoms with Gasteiger partial charge in [-0.3, -0.25) is 9.59 Å². The molecular formula is C20H30O4. The number of esters is 2. The highest BCUT2D eigenvalue weighted by atomic mass is 16.5. The molecule has 0 aliphatic rings. The van der Waals surface area contributed by atoms with Gasteiger partial charge in [0.25, 0.3) is 0 Å². The molecular weight excluding hydrogens is 304 g/mol. The maximum Gasteiger partial charge on any atom is 0.311 e. The van der Waals surface area contributed by atoms with Gasteiger partial charge in [0, 0.05) is 0 Å². The van der Waals surface area contributed by atoms with Crippen LogP contribution in [-0.4, -0.2) is 18.5 Å². The maximum absolute atomic E-state index is 11.8. The molecule has 0 N–H and O–H groups in total. The van der Waals surface area contributed by atoms with Crippen LogP contribution in [0.5, 0.6) is 5.75 Å². The van der Waals surface area contributed by atoms with E-state index in [4.69, 9.17) is 9.47 Å². The quantitative estimate of drug-likeness (QED) is 0.370. The highest BCUT2D eigenvalue weighted by Gasteiger charge is 2.14. The predicted octanol–water partition coefficient (Wildman–Crippen LogP) is 4.79. The first-order chi connectivity index (χ1) is 11.3. The van der Waals surface area contributed by atoms with Gasteiger partial charge in [0.05, 0.1) is 19.4 Å². The van der Waals surface area contributed by atoms with E-state index >= 15 is 0 Å². The summed E-state index contributed by atoms with van der Waals surface area (Å²) in [6, 6.07) is 7.47. The molecule has 0 bridgehead atoms. The van der Waals surface area contributed by atoms with Crippen LogP contribution in [0.4, 0.5) is 0 Å². The normalized spacial score (nSPS) is 11.2. The van der Waals surface area contributed by atoms with E-state index in [1.54, 1.807) is 12.1 Å². The number of benzene rings is 1. The SMILES string of the molecule is CCCCCCOC(=O)CCC(=O)Oc1ccc(C(C)(C)C)cc1. The van der Waals surface area contributed by atoms with E-state index in [0.29, 0.717) is 12.4 Å². The highest BCUT2D eigenvalue weighted by molar-refractivity contribution is 5.79. The third kappa shape index (κ3) is 8.14. The molecule has 0 saturated carbocycles. The molecule has 0 aliphatic heterocycles. The maximum atomic E-state index is 11.8. The number of carbonyl (C=O) groups excluding carboxylic acids is 2. The van der Waals surface area contributed by atoms with E-state index in [1.165, 1.54) is 5.56 Å². The molecule has 1 aromatic rings. The Labute approximate surface area is 145 Å². The topological polar surface area (TPSA) is 52.6 Å². The second-order valence-corrected chi connectivity index (χ2v) is 7.03. The minimum Gasteiger partial charge on any atom is -0.466 e. The van der Waals surface area contributed by atoms with Gasteiger partial charge in [0.15, 0.2) is 0 Å². The number of hydrogen-bond donors (Lipinski definition) is 0. The first-order valence-corrected chi connectivity index (χ1v) is 8.79. The van der Waals surface area contributed by atoms with Crippen molar-refractivity contribution >= 4 is 11.9 Å². The molecule has 24 heavy (non-hydrogen) atoms. The summed E-state index contributed by atoms with van der Waals surface area (Å²) >= 11 is 0. The fourth-order valence-corrected chi connectivity index (χ4v) is 2.20. The summed E-state index contributed by atoms with van der Waals surface area (Å²) in [6.07, 6.45) is 4.34. The van der Waals surface area contributed by atoms with Gasteiger partial charge < -0.3 is 9.47 Å². The zero-order valence-electron chi connectivity index (χ0n) is 15.4. The Morgan fingerprint density at radius 2 is 1.54 bits per heavy atom. The van der Waals surface area contributed by atoms with Gasteiger partial charge in [-0.25, -0.2) is 0 Å². The molecule has 0 heterocycles. The zero-order chi connectivity index (χ0) is 18.0. The van der Waals surface area contributed by atoms with Crippen LogP contribution in [0, 0.1) is 0 Å². The van der Waals surface area contributed by atoms with Crippen LogP contribution in [0.1, 0.15) is 71.8 Å². The zero-order valence-corrected chi connectivity index (χ0v) is 15.4. The molecule has 0 aromatic heterocycles. The molecule has 0 radical (unpaired) electrons. The van der Waals surface area contributed by atoms with Crippen molar-refractivity contribution in [3.05, 3.63) is 29.8 Å². The smallest absolute Gasteiger partial charge is 0.311 e. The Kier molecular flexibility index (Phi) is 8.51. The summed E-state index contributed by atoms with van der Waals surface area (Å²) in [5, 5.41) is 0. The Morgan fingerprint density at radius 3 is 2.12 bits per heavy atom. The molecule has 0 fully saturated rings. The minimum atomic E-state index is -0.415. The summed E-state index contributed by atoms with van der Waals surface area (Å²) < 4.78 is 10.3. The van der Waals surface area contributed by atoms with E-state index < -0.39 is 5.97 Å². The van der Waals surface area contributed by atoms with Gasteiger partial charge in [0.2, 0.25) is 0 Å². The molecule has 4 nitrogen and oxygen atoms in total. The second kappa shape index (κ2) is 10.1. The molecule has 0 spiro atoms. The Bertz CT molecular complexity index is 511. The van der Waals surface area contributed by atoms with Gasteiger partial charge in [-0.15, -0.1) is 0 Å². The second-order valence-electron chi connectivity index (χ2n) is 7.03. The third-order valence-electron chi connectivity index (χ3n) is 3.75. The van der Waals surface area contributed by atoms with Crippen molar-refractivity contribution in [3.63, 3.8) is 0 Å². The van der Waals surface area contributed by atoms with E-state index in [1.807, 2.05) is 12.1 Å². The van der Waals surface area contributed by atoms with E-state index in [-0.39, 0.29) is 24.2 Å². The fraction of sp³-hybridized carbons (Fsp3) is 0.600. The standard InChI is InChI=1S/C20H30O4/c1-5-6-7-8-15-23-18(21)13-14-19(22)24-17-11-9-16(10-12-17)20(2,3)4/h9-12H,5-8,13-15H2,1-4H3. The average molecular weight is 334 g/mol. The molecule has 1 aromatic carbocycles. The van der Waals surface area contributed by atoms with Crippen LogP contribution in [0.2, 0.25) is 0 Å². The first-order valence-electron chi connectivity index (χ1n) is 8.79. The molecule has 0 amide bonds. The Balaban J connectivity index is 2.27. The van der Waals surface area contributed by atoms with Crippen molar-refractivity contribution in [2.75, 3.05) is 6.61 Å². The van der Waals surface area contributed by atoms with Crippen molar-refractivity contribution in [2.24, 2.45) is 0 Å². The van der Waals surface area contributed by atoms with Crippen molar-refractivity contribution in [3.8, 4) is 5.75 Å². The molecule has 4 heteroatoms. The summed E-state index contributed by atoms with van der Waals surface area (Å²) in [7, 11) is 0. The number of unbranched alkanes of at least 4 members (excludes halogenated alkanes) is 3. The number of carbonyl (C=O) groups is 2. The molecule has 134 valence electrons. The number of rotatable bonds is 9. The van der Waals surface area contributed by atoms with Crippen LogP contribution in [0.15, 0.2) is 24.3 Å². The van der Waals surface area contributed by atoms with Crippen molar-refractivity contribution in [1.82, 2.24) is 0 Å². The molecule has 0 unspecified atom stereocenters.